The van der Waals surface area contributed by atoms with Gasteiger partial charge in [-0.2, -0.15) is 4.68 Å². The average Bonchev–Trinajstić information content (AvgIpc) is 2.83. The Hall–Kier alpha value is -2.59. The molecule has 0 amide bonds. The SMILES string of the molecule is Cc1c(-c2ccc(Cl)cc2)c(N)nn1C(=O)c1ccccc1. The summed E-state index contributed by atoms with van der Waals surface area (Å²) < 4.78 is 1.34. The molecule has 0 bridgehead atoms. The second-order valence-electron chi connectivity index (χ2n) is 4.94. The fourth-order valence-electron chi connectivity index (χ4n) is 2.40. The third-order valence-corrected chi connectivity index (χ3v) is 3.74. The Morgan fingerprint density at radius 3 is 2.36 bits per heavy atom. The molecule has 0 spiro atoms. The molecule has 0 aliphatic carbocycles. The zero-order valence-electron chi connectivity index (χ0n) is 12.0. The highest BCUT2D eigenvalue weighted by atomic mass is 35.5. The maximum absolute atomic E-state index is 12.5. The highest BCUT2D eigenvalue weighted by Crippen LogP contribution is 2.30. The van der Waals surface area contributed by atoms with Gasteiger partial charge in [0.05, 0.1) is 5.69 Å². The van der Waals surface area contributed by atoms with Crippen LogP contribution in [0.3, 0.4) is 0 Å². The standard InChI is InChI=1S/C17H14ClN3O/c1-11-15(12-7-9-14(18)10-8-12)16(19)20-21(11)17(22)13-5-3-2-4-6-13/h2-10H,1H3,(H2,19,20). The van der Waals surface area contributed by atoms with Crippen molar-refractivity contribution in [1.29, 1.82) is 0 Å². The second kappa shape index (κ2) is 5.66. The third-order valence-electron chi connectivity index (χ3n) is 3.49. The zero-order valence-corrected chi connectivity index (χ0v) is 12.7. The van der Waals surface area contributed by atoms with Crippen molar-refractivity contribution in [3.8, 4) is 11.1 Å². The molecule has 0 radical (unpaired) electrons. The van der Waals surface area contributed by atoms with E-state index in [-0.39, 0.29) is 5.91 Å². The van der Waals surface area contributed by atoms with Crippen LogP contribution in [-0.2, 0) is 0 Å². The molecule has 0 saturated heterocycles. The van der Waals surface area contributed by atoms with Crippen molar-refractivity contribution < 1.29 is 4.79 Å². The molecule has 0 aliphatic rings. The van der Waals surface area contributed by atoms with E-state index in [1.165, 1.54) is 4.68 Å². The first kappa shape index (κ1) is 14.4. The molecule has 0 saturated carbocycles. The summed E-state index contributed by atoms with van der Waals surface area (Å²) in [5, 5.41) is 4.84. The maximum Gasteiger partial charge on any atom is 0.278 e. The van der Waals surface area contributed by atoms with Gasteiger partial charge in [0, 0.05) is 16.1 Å². The van der Waals surface area contributed by atoms with E-state index in [1.807, 2.05) is 37.3 Å². The van der Waals surface area contributed by atoms with Gasteiger partial charge in [-0.15, -0.1) is 5.10 Å². The summed E-state index contributed by atoms with van der Waals surface area (Å²) in [4.78, 5) is 12.5. The van der Waals surface area contributed by atoms with Crippen LogP contribution in [0.1, 0.15) is 16.1 Å². The number of hydrogen-bond acceptors (Lipinski definition) is 3. The first-order valence-electron chi connectivity index (χ1n) is 6.78. The Balaban J connectivity index is 2.07. The Labute approximate surface area is 133 Å². The first-order valence-corrected chi connectivity index (χ1v) is 7.16. The number of rotatable bonds is 2. The summed E-state index contributed by atoms with van der Waals surface area (Å²) in [6.07, 6.45) is 0. The van der Waals surface area contributed by atoms with E-state index in [0.717, 1.165) is 11.1 Å². The van der Waals surface area contributed by atoms with Gasteiger partial charge in [-0.25, -0.2) is 0 Å². The molecule has 22 heavy (non-hydrogen) atoms. The number of carbonyl (C=O) groups excluding carboxylic acids is 1. The Morgan fingerprint density at radius 1 is 1.09 bits per heavy atom. The minimum absolute atomic E-state index is 0.204. The van der Waals surface area contributed by atoms with Crippen molar-refractivity contribution in [2.45, 2.75) is 6.92 Å². The number of benzene rings is 2. The van der Waals surface area contributed by atoms with E-state index in [1.54, 1.807) is 24.3 Å². The van der Waals surface area contributed by atoms with Gasteiger partial charge in [-0.1, -0.05) is 41.9 Å². The molecule has 4 nitrogen and oxygen atoms in total. The number of carbonyl (C=O) groups is 1. The van der Waals surface area contributed by atoms with Gasteiger partial charge in [0.2, 0.25) is 0 Å². The van der Waals surface area contributed by atoms with E-state index < -0.39 is 0 Å². The molecule has 0 atom stereocenters. The molecule has 1 aromatic heterocycles. The highest BCUT2D eigenvalue weighted by molar-refractivity contribution is 6.30. The van der Waals surface area contributed by atoms with Crippen LogP contribution in [0.4, 0.5) is 5.82 Å². The van der Waals surface area contributed by atoms with Gasteiger partial charge in [-0.05, 0) is 36.8 Å². The van der Waals surface area contributed by atoms with Gasteiger partial charge >= 0.3 is 0 Å². The molecule has 0 fully saturated rings. The molecule has 0 unspecified atom stereocenters. The molecule has 3 aromatic rings. The summed E-state index contributed by atoms with van der Waals surface area (Å²) in [6, 6.07) is 16.3. The smallest absolute Gasteiger partial charge is 0.278 e. The zero-order chi connectivity index (χ0) is 15.7. The number of halogens is 1. The van der Waals surface area contributed by atoms with E-state index in [0.29, 0.717) is 22.1 Å². The number of nitrogens with zero attached hydrogens (tertiary/aromatic N) is 2. The molecule has 3 rings (SSSR count). The normalized spacial score (nSPS) is 10.6. The van der Waals surface area contributed by atoms with Crippen LogP contribution < -0.4 is 5.73 Å². The van der Waals surface area contributed by atoms with E-state index in [4.69, 9.17) is 17.3 Å². The van der Waals surface area contributed by atoms with Crippen molar-refractivity contribution in [2.24, 2.45) is 0 Å². The van der Waals surface area contributed by atoms with E-state index in [2.05, 4.69) is 5.10 Å². The molecule has 5 heteroatoms. The lowest BCUT2D eigenvalue weighted by atomic mass is 10.1. The summed E-state index contributed by atoms with van der Waals surface area (Å²) >= 11 is 5.91. The van der Waals surface area contributed by atoms with Crippen LogP contribution in [0.25, 0.3) is 11.1 Å². The molecule has 2 aromatic carbocycles. The van der Waals surface area contributed by atoms with Crippen molar-refractivity contribution in [2.75, 3.05) is 5.73 Å². The molecular weight excluding hydrogens is 298 g/mol. The molecular formula is C17H14ClN3O. The van der Waals surface area contributed by atoms with Crippen LogP contribution in [0.5, 0.6) is 0 Å². The largest absolute Gasteiger partial charge is 0.382 e. The van der Waals surface area contributed by atoms with Crippen molar-refractivity contribution in [3.05, 3.63) is 70.9 Å². The lowest BCUT2D eigenvalue weighted by molar-refractivity contribution is 0.0943. The molecule has 110 valence electrons. The molecule has 2 N–H and O–H groups in total. The number of nitrogens with two attached hydrogens (primary N) is 1. The monoisotopic (exact) mass is 311 g/mol. The minimum atomic E-state index is -0.204. The third kappa shape index (κ3) is 2.49. The fourth-order valence-corrected chi connectivity index (χ4v) is 2.52. The van der Waals surface area contributed by atoms with Crippen LogP contribution in [0.15, 0.2) is 54.6 Å². The van der Waals surface area contributed by atoms with Gasteiger partial charge < -0.3 is 5.73 Å². The van der Waals surface area contributed by atoms with Gasteiger partial charge in [0.25, 0.3) is 5.91 Å². The number of hydrogen-bond donors (Lipinski definition) is 1. The summed E-state index contributed by atoms with van der Waals surface area (Å²) in [5.74, 6) is 0.120. The highest BCUT2D eigenvalue weighted by Gasteiger charge is 2.19. The van der Waals surface area contributed by atoms with Crippen molar-refractivity contribution in [3.63, 3.8) is 0 Å². The summed E-state index contributed by atoms with van der Waals surface area (Å²) in [7, 11) is 0. The van der Waals surface area contributed by atoms with Gasteiger partial charge in [0.1, 0.15) is 0 Å². The predicted octanol–water partition coefficient (Wildman–Crippen LogP) is 3.78. The van der Waals surface area contributed by atoms with Crippen LogP contribution >= 0.6 is 11.6 Å². The first-order chi connectivity index (χ1) is 10.6. The number of aromatic nitrogens is 2. The Kier molecular flexibility index (Phi) is 3.69. The number of anilines is 1. The minimum Gasteiger partial charge on any atom is -0.382 e. The number of nitrogen functional groups attached to an aromatic ring is 1. The van der Waals surface area contributed by atoms with Crippen LogP contribution in [0, 0.1) is 6.92 Å². The van der Waals surface area contributed by atoms with Crippen LogP contribution in [0.2, 0.25) is 5.02 Å². The Bertz CT molecular complexity index is 823. The van der Waals surface area contributed by atoms with Crippen molar-refractivity contribution >= 4 is 23.3 Å². The average molecular weight is 312 g/mol. The predicted molar refractivity (Wildman–Crippen MR) is 88.0 cm³/mol. The topological polar surface area (TPSA) is 60.9 Å². The van der Waals surface area contributed by atoms with E-state index >= 15 is 0 Å². The second-order valence-corrected chi connectivity index (χ2v) is 5.37. The van der Waals surface area contributed by atoms with Gasteiger partial charge in [0.15, 0.2) is 5.82 Å². The van der Waals surface area contributed by atoms with Crippen molar-refractivity contribution in [1.82, 2.24) is 9.78 Å². The van der Waals surface area contributed by atoms with Crippen LogP contribution in [-0.4, -0.2) is 15.7 Å². The fraction of sp³-hybridized carbons (Fsp3) is 0.0588. The quantitative estimate of drug-likeness (QED) is 0.783. The van der Waals surface area contributed by atoms with Gasteiger partial charge in [-0.3, -0.25) is 4.79 Å². The lowest BCUT2D eigenvalue weighted by Crippen LogP contribution is -2.15. The van der Waals surface area contributed by atoms with E-state index in [9.17, 15) is 4.79 Å². The maximum atomic E-state index is 12.5. The summed E-state index contributed by atoms with van der Waals surface area (Å²) in [6.45, 7) is 1.83. The Morgan fingerprint density at radius 2 is 1.73 bits per heavy atom. The summed E-state index contributed by atoms with van der Waals surface area (Å²) in [5.41, 5.74) is 8.91. The molecule has 0 aliphatic heterocycles. The molecule has 1 heterocycles. The lowest BCUT2D eigenvalue weighted by Gasteiger charge is -2.04.